The van der Waals surface area contributed by atoms with E-state index in [9.17, 15) is 9.59 Å². The van der Waals surface area contributed by atoms with Crippen LogP contribution in [0.1, 0.15) is 21.6 Å². The van der Waals surface area contributed by atoms with Gasteiger partial charge in [-0.2, -0.15) is 14.9 Å². The zero-order valence-corrected chi connectivity index (χ0v) is 15.8. The summed E-state index contributed by atoms with van der Waals surface area (Å²) in [4.78, 5) is 28.1. The third-order valence-corrected chi connectivity index (χ3v) is 3.89. The Hall–Kier alpha value is -3.66. The lowest BCUT2D eigenvalue weighted by Gasteiger charge is -2.09. The van der Waals surface area contributed by atoms with Crippen LogP contribution in [0.5, 0.6) is 11.5 Å². The highest BCUT2D eigenvalue weighted by Gasteiger charge is 2.13. The van der Waals surface area contributed by atoms with Crippen LogP contribution < -0.4 is 15.0 Å². The molecule has 0 saturated carbocycles. The van der Waals surface area contributed by atoms with Gasteiger partial charge in [0.25, 0.3) is 5.56 Å². The van der Waals surface area contributed by atoms with Crippen molar-refractivity contribution in [3.63, 3.8) is 0 Å². The van der Waals surface area contributed by atoms with Crippen LogP contribution in [0, 0.1) is 11.7 Å². The van der Waals surface area contributed by atoms with Crippen molar-refractivity contribution in [1.82, 2.24) is 19.9 Å². The number of aromatic amines is 1. The van der Waals surface area contributed by atoms with Crippen molar-refractivity contribution in [3.05, 3.63) is 74.7 Å². The van der Waals surface area contributed by atoms with Crippen molar-refractivity contribution < 1.29 is 14.3 Å². The van der Waals surface area contributed by atoms with Crippen LogP contribution in [-0.2, 0) is 0 Å². The van der Waals surface area contributed by atoms with E-state index in [1.807, 2.05) is 0 Å². The van der Waals surface area contributed by atoms with Crippen LogP contribution in [-0.4, -0.2) is 39.2 Å². The number of nitrogens with one attached hydrogen (secondary N) is 1. The van der Waals surface area contributed by atoms with E-state index in [0.717, 1.165) is 4.68 Å². The summed E-state index contributed by atoms with van der Waals surface area (Å²) >= 11 is 5.02. The summed E-state index contributed by atoms with van der Waals surface area (Å²) in [7, 11) is 1.45. The molecule has 10 heteroatoms. The van der Waals surface area contributed by atoms with Crippen molar-refractivity contribution >= 4 is 24.4 Å². The second-order valence-electron chi connectivity index (χ2n) is 5.52. The summed E-state index contributed by atoms with van der Waals surface area (Å²) < 4.78 is 11.7. The Morgan fingerprint density at radius 2 is 2.14 bits per heavy atom. The Labute approximate surface area is 164 Å². The fraction of sp³-hybridized carbons (Fsp3) is 0.111. The number of aryl methyl sites for hydroxylation is 1. The Morgan fingerprint density at radius 3 is 2.86 bits per heavy atom. The minimum atomic E-state index is -0.557. The van der Waals surface area contributed by atoms with Crippen LogP contribution in [0.4, 0.5) is 0 Å². The molecule has 0 fully saturated rings. The number of pyridine rings is 1. The van der Waals surface area contributed by atoms with Crippen molar-refractivity contribution in [1.29, 1.82) is 0 Å². The number of aromatic nitrogens is 4. The van der Waals surface area contributed by atoms with E-state index in [-0.39, 0.29) is 16.2 Å². The van der Waals surface area contributed by atoms with E-state index in [1.54, 1.807) is 43.5 Å². The van der Waals surface area contributed by atoms with Gasteiger partial charge in [-0.15, -0.1) is 0 Å². The number of hydrogen-bond acceptors (Lipinski definition) is 8. The lowest BCUT2D eigenvalue weighted by Crippen LogP contribution is -2.22. The van der Waals surface area contributed by atoms with Gasteiger partial charge in [-0.25, -0.2) is 4.79 Å². The largest absolute Gasteiger partial charge is 0.493 e. The van der Waals surface area contributed by atoms with Gasteiger partial charge in [0.15, 0.2) is 11.5 Å². The normalized spacial score (nSPS) is 10.8. The molecule has 0 radical (unpaired) electrons. The smallest absolute Gasteiger partial charge is 0.345 e. The summed E-state index contributed by atoms with van der Waals surface area (Å²) in [5.41, 5.74) is 0.737. The van der Waals surface area contributed by atoms with Crippen molar-refractivity contribution in [3.8, 4) is 11.5 Å². The molecule has 9 nitrogen and oxygen atoms in total. The molecule has 0 atom stereocenters. The first kappa shape index (κ1) is 19.1. The molecule has 0 spiro atoms. The molecular formula is C18H15N5O4S. The monoisotopic (exact) mass is 397 g/mol. The number of ether oxygens (including phenoxy) is 2. The maximum absolute atomic E-state index is 12.2. The summed E-state index contributed by atoms with van der Waals surface area (Å²) in [5, 5.41) is 10.4. The lowest BCUT2D eigenvalue weighted by molar-refractivity contribution is 0.0729. The van der Waals surface area contributed by atoms with Crippen LogP contribution in [0.3, 0.4) is 0 Å². The Kier molecular flexibility index (Phi) is 5.70. The van der Waals surface area contributed by atoms with Crippen molar-refractivity contribution in [2.75, 3.05) is 7.11 Å². The summed E-state index contributed by atoms with van der Waals surface area (Å²) in [5.74, 6) is 0.00485. The lowest BCUT2D eigenvalue weighted by atomic mass is 10.2. The third kappa shape index (κ3) is 4.18. The quantitative estimate of drug-likeness (QED) is 0.304. The number of rotatable bonds is 5. The minimum Gasteiger partial charge on any atom is -0.493 e. The fourth-order valence-electron chi connectivity index (χ4n) is 2.19. The van der Waals surface area contributed by atoms with Gasteiger partial charge in [-0.1, -0.05) is 0 Å². The molecular weight excluding hydrogens is 382 g/mol. The van der Waals surface area contributed by atoms with Gasteiger partial charge in [-0.05, 0) is 55.0 Å². The van der Waals surface area contributed by atoms with Gasteiger partial charge in [0.2, 0.25) is 4.77 Å². The first-order valence-corrected chi connectivity index (χ1v) is 8.43. The maximum Gasteiger partial charge on any atom is 0.345 e. The topological polar surface area (TPSA) is 111 Å². The standard InChI is InChI=1S/C18H15N5O4S/c1-11-16(24)23(18(28)22-21-11)20-9-12-5-6-14(15(8-12)26-2)27-17(25)13-4-3-7-19-10-13/h3-10H,1-2H3,(H,22,28)/b20-9+. The first-order chi connectivity index (χ1) is 13.5. The SMILES string of the molecule is COc1cc(/C=N/n2c(=S)[nH]nc(C)c2=O)ccc1OC(=O)c1cccnc1. The molecule has 2 heterocycles. The predicted molar refractivity (Wildman–Crippen MR) is 104 cm³/mol. The number of methoxy groups -OCH3 is 1. The zero-order valence-electron chi connectivity index (χ0n) is 14.9. The Bertz CT molecular complexity index is 1150. The Morgan fingerprint density at radius 1 is 1.32 bits per heavy atom. The molecule has 2 aromatic heterocycles. The van der Waals surface area contributed by atoms with Gasteiger partial charge in [0.05, 0.1) is 18.9 Å². The molecule has 3 aromatic rings. The van der Waals surface area contributed by atoms with E-state index in [2.05, 4.69) is 20.3 Å². The molecule has 1 N–H and O–H groups in total. The molecule has 3 rings (SSSR count). The second kappa shape index (κ2) is 8.35. The van der Waals surface area contributed by atoms with E-state index >= 15 is 0 Å². The molecule has 1 aromatic carbocycles. The summed E-state index contributed by atoms with van der Waals surface area (Å²) in [6, 6.07) is 8.07. The van der Waals surface area contributed by atoms with Crippen LogP contribution in [0.25, 0.3) is 0 Å². The van der Waals surface area contributed by atoms with E-state index in [4.69, 9.17) is 21.7 Å². The molecule has 0 aliphatic rings. The highest BCUT2D eigenvalue weighted by atomic mass is 32.1. The number of H-pyrrole nitrogens is 1. The van der Waals surface area contributed by atoms with E-state index in [1.165, 1.54) is 19.5 Å². The second-order valence-corrected chi connectivity index (χ2v) is 5.90. The summed E-state index contributed by atoms with van der Waals surface area (Å²) in [6.07, 6.45) is 4.40. The molecule has 0 amide bonds. The minimum absolute atomic E-state index is 0.0702. The highest BCUT2D eigenvalue weighted by molar-refractivity contribution is 7.71. The molecule has 0 saturated heterocycles. The number of carbonyl (C=O) groups is 1. The zero-order chi connectivity index (χ0) is 20.1. The summed E-state index contributed by atoms with van der Waals surface area (Å²) in [6.45, 7) is 1.55. The number of esters is 1. The van der Waals surface area contributed by atoms with Crippen molar-refractivity contribution in [2.24, 2.45) is 5.10 Å². The first-order valence-electron chi connectivity index (χ1n) is 8.02. The number of carbonyl (C=O) groups excluding carboxylic acids is 1. The number of benzene rings is 1. The average molecular weight is 397 g/mol. The average Bonchev–Trinajstić information content (AvgIpc) is 2.72. The maximum atomic E-state index is 12.2. The van der Waals surface area contributed by atoms with Gasteiger partial charge in [0.1, 0.15) is 5.69 Å². The Balaban J connectivity index is 1.86. The van der Waals surface area contributed by atoms with Crippen LogP contribution in [0.15, 0.2) is 52.6 Å². The van der Waals surface area contributed by atoms with E-state index in [0.29, 0.717) is 16.9 Å². The molecule has 0 aliphatic heterocycles. The molecule has 0 unspecified atom stereocenters. The predicted octanol–water partition coefficient (Wildman–Crippen LogP) is 2.11. The van der Waals surface area contributed by atoms with Crippen molar-refractivity contribution in [2.45, 2.75) is 6.92 Å². The number of hydrogen-bond donors (Lipinski definition) is 1. The van der Waals surface area contributed by atoms with Gasteiger partial charge >= 0.3 is 5.97 Å². The van der Waals surface area contributed by atoms with Crippen LogP contribution in [0.2, 0.25) is 0 Å². The third-order valence-electron chi connectivity index (χ3n) is 3.62. The van der Waals surface area contributed by atoms with Gasteiger partial charge < -0.3 is 9.47 Å². The molecule has 28 heavy (non-hydrogen) atoms. The molecule has 142 valence electrons. The highest BCUT2D eigenvalue weighted by Crippen LogP contribution is 2.28. The molecule has 0 bridgehead atoms. The number of nitrogens with zero attached hydrogens (tertiary/aromatic N) is 4. The molecule has 0 aliphatic carbocycles. The van der Waals surface area contributed by atoms with Gasteiger partial charge in [-0.3, -0.25) is 14.9 Å². The van der Waals surface area contributed by atoms with E-state index < -0.39 is 11.5 Å². The van der Waals surface area contributed by atoms with Gasteiger partial charge in [0, 0.05) is 12.4 Å². The van der Waals surface area contributed by atoms with Crippen LogP contribution >= 0.6 is 12.2 Å². The fourth-order valence-corrected chi connectivity index (χ4v) is 2.37.